The fourth-order valence-electron chi connectivity index (χ4n) is 3.45. The summed E-state index contributed by atoms with van der Waals surface area (Å²) in [7, 11) is 0. The first kappa shape index (κ1) is 16.0. The lowest BCUT2D eigenvalue weighted by atomic mass is 9.67. The van der Waals surface area contributed by atoms with Gasteiger partial charge in [-0.1, -0.05) is 20.8 Å². The van der Waals surface area contributed by atoms with E-state index in [-0.39, 0.29) is 23.7 Å². The highest BCUT2D eigenvalue weighted by molar-refractivity contribution is 5.79. The van der Waals surface area contributed by atoms with Gasteiger partial charge in [0.1, 0.15) is 0 Å². The van der Waals surface area contributed by atoms with Crippen molar-refractivity contribution in [3.8, 4) is 0 Å². The van der Waals surface area contributed by atoms with Crippen LogP contribution in [0.1, 0.15) is 53.4 Å². The highest BCUT2D eigenvalue weighted by Gasteiger charge is 2.36. The van der Waals surface area contributed by atoms with Gasteiger partial charge in [-0.05, 0) is 37.5 Å². The molecule has 0 radical (unpaired) electrons. The Morgan fingerprint density at radius 1 is 1.32 bits per heavy atom. The molecule has 0 heterocycles. The van der Waals surface area contributed by atoms with Crippen LogP contribution in [0.15, 0.2) is 0 Å². The van der Waals surface area contributed by atoms with Crippen LogP contribution in [0.3, 0.4) is 0 Å². The highest BCUT2D eigenvalue weighted by atomic mass is 16.4. The third-order valence-corrected chi connectivity index (χ3v) is 4.03. The van der Waals surface area contributed by atoms with Crippen molar-refractivity contribution in [2.75, 3.05) is 13.1 Å². The summed E-state index contributed by atoms with van der Waals surface area (Å²) < 4.78 is 0. The quantitative estimate of drug-likeness (QED) is 0.835. The molecule has 110 valence electrons. The summed E-state index contributed by atoms with van der Waals surface area (Å²) in [5.74, 6) is -0.0738. The van der Waals surface area contributed by atoms with Crippen molar-refractivity contribution in [1.82, 2.24) is 4.90 Å². The molecule has 0 bridgehead atoms. The van der Waals surface area contributed by atoms with Gasteiger partial charge in [0.05, 0.1) is 6.42 Å². The molecule has 0 spiro atoms. The van der Waals surface area contributed by atoms with Gasteiger partial charge in [-0.15, -0.1) is 0 Å². The van der Waals surface area contributed by atoms with Crippen molar-refractivity contribution in [1.29, 1.82) is 0 Å². The van der Waals surface area contributed by atoms with E-state index in [0.29, 0.717) is 19.0 Å². The number of hydrogen-bond donors (Lipinski definition) is 1. The Labute approximate surface area is 116 Å². The number of hydrogen-bond acceptors (Lipinski definition) is 2. The van der Waals surface area contributed by atoms with E-state index in [9.17, 15) is 9.59 Å². The van der Waals surface area contributed by atoms with Gasteiger partial charge in [-0.2, -0.15) is 0 Å². The largest absolute Gasteiger partial charge is 0.481 e. The molecule has 1 amide bonds. The van der Waals surface area contributed by atoms with Gasteiger partial charge in [0, 0.05) is 19.0 Å². The molecule has 1 saturated carbocycles. The molecule has 4 heteroatoms. The van der Waals surface area contributed by atoms with E-state index in [2.05, 4.69) is 20.8 Å². The SMILES string of the molecule is CCN(CCC(=O)O)C(=O)C1CC(C)CC(C)(C)C1. The normalized spacial score (nSPS) is 25.9. The van der Waals surface area contributed by atoms with Crippen LogP contribution in [0.25, 0.3) is 0 Å². The molecule has 4 nitrogen and oxygen atoms in total. The second-order valence-corrected chi connectivity index (χ2v) is 6.67. The molecule has 0 aromatic carbocycles. The van der Waals surface area contributed by atoms with E-state index in [1.54, 1.807) is 4.90 Å². The maximum Gasteiger partial charge on any atom is 0.305 e. The summed E-state index contributed by atoms with van der Waals surface area (Å²) in [4.78, 5) is 24.8. The van der Waals surface area contributed by atoms with Crippen molar-refractivity contribution in [3.63, 3.8) is 0 Å². The molecule has 1 aliphatic rings. The van der Waals surface area contributed by atoms with Crippen LogP contribution in [-0.2, 0) is 9.59 Å². The lowest BCUT2D eigenvalue weighted by molar-refractivity contribution is -0.141. The topological polar surface area (TPSA) is 57.6 Å². The molecule has 0 aromatic rings. The molecular formula is C15H27NO3. The zero-order chi connectivity index (χ0) is 14.6. The molecule has 1 N–H and O–H groups in total. The minimum absolute atomic E-state index is 0.0330. The monoisotopic (exact) mass is 269 g/mol. The predicted molar refractivity (Wildman–Crippen MR) is 74.8 cm³/mol. The summed E-state index contributed by atoms with van der Waals surface area (Å²) in [6.45, 7) is 9.48. The van der Waals surface area contributed by atoms with E-state index in [4.69, 9.17) is 5.11 Å². The molecule has 0 saturated heterocycles. The van der Waals surface area contributed by atoms with E-state index in [1.165, 1.54) is 0 Å². The Hall–Kier alpha value is -1.06. The van der Waals surface area contributed by atoms with Gasteiger partial charge < -0.3 is 10.0 Å². The van der Waals surface area contributed by atoms with Crippen LogP contribution in [-0.4, -0.2) is 35.0 Å². The first-order valence-corrected chi connectivity index (χ1v) is 7.25. The summed E-state index contributed by atoms with van der Waals surface area (Å²) in [6, 6.07) is 0. The fourth-order valence-corrected chi connectivity index (χ4v) is 3.45. The standard InChI is InChI=1S/C15H27NO3/c1-5-16(7-6-13(17)18)14(19)12-8-11(2)9-15(3,4)10-12/h11-12H,5-10H2,1-4H3,(H,17,18). The molecule has 1 aliphatic carbocycles. The average Bonchev–Trinajstić information content (AvgIpc) is 2.26. The van der Waals surface area contributed by atoms with Crippen molar-refractivity contribution in [3.05, 3.63) is 0 Å². The maximum absolute atomic E-state index is 12.5. The third kappa shape index (κ3) is 4.84. The molecule has 0 aromatic heterocycles. The van der Waals surface area contributed by atoms with Crippen molar-refractivity contribution in [2.45, 2.75) is 53.4 Å². The molecule has 2 atom stereocenters. The minimum atomic E-state index is -0.844. The smallest absolute Gasteiger partial charge is 0.305 e. The molecule has 2 unspecified atom stereocenters. The molecule has 0 aliphatic heterocycles. The third-order valence-electron chi connectivity index (χ3n) is 4.03. The summed E-state index contributed by atoms with van der Waals surface area (Å²) >= 11 is 0. The second kappa shape index (κ2) is 6.40. The fraction of sp³-hybridized carbons (Fsp3) is 0.867. The number of rotatable bonds is 5. The zero-order valence-electron chi connectivity index (χ0n) is 12.6. The van der Waals surface area contributed by atoms with Crippen LogP contribution < -0.4 is 0 Å². The lowest BCUT2D eigenvalue weighted by Crippen LogP contribution is -2.41. The van der Waals surface area contributed by atoms with Gasteiger partial charge in [0.25, 0.3) is 0 Å². The van der Waals surface area contributed by atoms with Crippen LogP contribution in [0.2, 0.25) is 0 Å². The molecule has 1 rings (SSSR count). The second-order valence-electron chi connectivity index (χ2n) is 6.67. The first-order chi connectivity index (χ1) is 8.75. The van der Waals surface area contributed by atoms with Gasteiger partial charge in [-0.3, -0.25) is 9.59 Å². The van der Waals surface area contributed by atoms with E-state index in [0.717, 1.165) is 19.3 Å². The van der Waals surface area contributed by atoms with Gasteiger partial charge >= 0.3 is 5.97 Å². The van der Waals surface area contributed by atoms with Crippen LogP contribution in [0.4, 0.5) is 0 Å². The van der Waals surface area contributed by atoms with E-state index in [1.807, 2.05) is 6.92 Å². The predicted octanol–water partition coefficient (Wildman–Crippen LogP) is 2.77. The number of carbonyl (C=O) groups is 2. The number of carbonyl (C=O) groups excluding carboxylic acids is 1. The Morgan fingerprint density at radius 3 is 2.42 bits per heavy atom. The summed E-state index contributed by atoms with van der Waals surface area (Å²) in [6.07, 6.45) is 3.05. The number of carboxylic acids is 1. The Balaban J connectivity index is 2.65. The number of amides is 1. The van der Waals surface area contributed by atoms with Crippen LogP contribution in [0, 0.1) is 17.3 Å². The number of nitrogens with zero attached hydrogens (tertiary/aromatic N) is 1. The molecule has 19 heavy (non-hydrogen) atoms. The Morgan fingerprint density at radius 2 is 1.95 bits per heavy atom. The summed E-state index contributed by atoms with van der Waals surface area (Å²) in [5.41, 5.74) is 0.213. The van der Waals surface area contributed by atoms with E-state index >= 15 is 0 Å². The lowest BCUT2D eigenvalue weighted by Gasteiger charge is -2.40. The Bertz CT molecular complexity index is 338. The van der Waals surface area contributed by atoms with E-state index < -0.39 is 5.97 Å². The van der Waals surface area contributed by atoms with Crippen LogP contribution in [0.5, 0.6) is 0 Å². The number of aliphatic carboxylic acids is 1. The van der Waals surface area contributed by atoms with Crippen molar-refractivity contribution < 1.29 is 14.7 Å². The Kier molecular flexibility index (Phi) is 5.39. The van der Waals surface area contributed by atoms with Crippen LogP contribution >= 0.6 is 0 Å². The van der Waals surface area contributed by atoms with Gasteiger partial charge in [0.15, 0.2) is 0 Å². The highest BCUT2D eigenvalue weighted by Crippen LogP contribution is 2.42. The maximum atomic E-state index is 12.5. The summed E-state index contributed by atoms with van der Waals surface area (Å²) in [5, 5.41) is 8.74. The average molecular weight is 269 g/mol. The van der Waals surface area contributed by atoms with Gasteiger partial charge in [-0.25, -0.2) is 0 Å². The van der Waals surface area contributed by atoms with Crippen molar-refractivity contribution >= 4 is 11.9 Å². The number of carboxylic acid groups (broad SMARTS) is 1. The van der Waals surface area contributed by atoms with Gasteiger partial charge in [0.2, 0.25) is 5.91 Å². The zero-order valence-corrected chi connectivity index (χ0v) is 12.6. The molecule has 1 fully saturated rings. The molecular weight excluding hydrogens is 242 g/mol. The first-order valence-electron chi connectivity index (χ1n) is 7.25. The van der Waals surface area contributed by atoms with Crippen molar-refractivity contribution in [2.24, 2.45) is 17.3 Å². The minimum Gasteiger partial charge on any atom is -0.481 e.